The van der Waals surface area contributed by atoms with E-state index in [-0.39, 0.29) is 30.3 Å². The van der Waals surface area contributed by atoms with Gasteiger partial charge in [0.25, 0.3) is 0 Å². The fourth-order valence-corrected chi connectivity index (χ4v) is 3.00. The van der Waals surface area contributed by atoms with Gasteiger partial charge in [-0.1, -0.05) is 33.6 Å². The molecule has 0 radical (unpaired) electrons. The van der Waals surface area contributed by atoms with Gasteiger partial charge in [0.05, 0.1) is 0 Å². The summed E-state index contributed by atoms with van der Waals surface area (Å²) in [5, 5.41) is 5.15. The summed E-state index contributed by atoms with van der Waals surface area (Å²) < 4.78 is 0. The van der Waals surface area contributed by atoms with Crippen LogP contribution in [0.2, 0.25) is 0 Å². The van der Waals surface area contributed by atoms with Gasteiger partial charge in [-0.2, -0.15) is 0 Å². The highest BCUT2D eigenvalue weighted by Gasteiger charge is 2.27. The number of anilines is 1. The van der Waals surface area contributed by atoms with Gasteiger partial charge in [0, 0.05) is 23.5 Å². The molecule has 5 nitrogen and oxygen atoms in total. The number of carbonyl (C=O) groups excluding carboxylic acids is 2. The van der Waals surface area contributed by atoms with E-state index in [0.29, 0.717) is 5.13 Å². The van der Waals surface area contributed by atoms with Crippen LogP contribution in [0.5, 0.6) is 0 Å². The van der Waals surface area contributed by atoms with E-state index in [2.05, 4.69) is 17.2 Å². The smallest absolute Gasteiger partial charge is 0.245 e. The molecule has 0 bridgehead atoms. The molecule has 0 aliphatic heterocycles. The van der Waals surface area contributed by atoms with E-state index in [4.69, 9.17) is 0 Å². The predicted octanol–water partition coefficient (Wildman–Crippen LogP) is 3.93. The van der Waals surface area contributed by atoms with Crippen molar-refractivity contribution in [3.63, 3.8) is 0 Å². The molecule has 23 heavy (non-hydrogen) atoms. The van der Waals surface area contributed by atoms with E-state index in [1.807, 2.05) is 26.2 Å². The number of nitrogens with one attached hydrogen (secondary N) is 1. The summed E-state index contributed by atoms with van der Waals surface area (Å²) in [6, 6.07) is 0.0558. The lowest BCUT2D eigenvalue weighted by atomic mass is 9.97. The Kier molecular flexibility index (Phi) is 8.84. The topological polar surface area (TPSA) is 62.3 Å². The maximum Gasteiger partial charge on any atom is 0.245 e. The van der Waals surface area contributed by atoms with Crippen LogP contribution in [0.1, 0.15) is 59.8 Å². The van der Waals surface area contributed by atoms with Crippen molar-refractivity contribution >= 4 is 28.3 Å². The molecular weight excluding hydrogens is 310 g/mol. The Hall–Kier alpha value is -1.43. The van der Waals surface area contributed by atoms with Gasteiger partial charge in [-0.05, 0) is 26.2 Å². The van der Waals surface area contributed by atoms with E-state index in [1.165, 1.54) is 11.3 Å². The van der Waals surface area contributed by atoms with Gasteiger partial charge < -0.3 is 10.2 Å². The Labute approximate surface area is 143 Å². The van der Waals surface area contributed by atoms with Gasteiger partial charge in [-0.25, -0.2) is 4.98 Å². The quantitative estimate of drug-likeness (QED) is 0.702. The Morgan fingerprint density at radius 2 is 2.04 bits per heavy atom. The van der Waals surface area contributed by atoms with Gasteiger partial charge in [0.2, 0.25) is 11.8 Å². The normalized spacial score (nSPS) is 13.4. The number of nitrogens with zero attached hydrogens (tertiary/aromatic N) is 2. The van der Waals surface area contributed by atoms with E-state index >= 15 is 0 Å². The highest BCUT2D eigenvalue weighted by Crippen LogP contribution is 2.19. The standard InChI is InChI=1S/C17H29N3O2S/c1-5-8-9-14(7-3)16(22)20(13(4)6-2)12-15(21)19-17-18-10-11-23-17/h10-11,13-14H,5-9,12H2,1-4H3,(H,18,19,21). The van der Waals surface area contributed by atoms with Crippen LogP contribution in [0.3, 0.4) is 0 Å². The molecule has 2 amide bonds. The molecule has 2 unspecified atom stereocenters. The second kappa shape index (κ2) is 10.4. The summed E-state index contributed by atoms with van der Waals surface area (Å²) in [6.07, 6.45) is 6.32. The minimum Gasteiger partial charge on any atom is -0.330 e. The summed E-state index contributed by atoms with van der Waals surface area (Å²) in [4.78, 5) is 30.9. The van der Waals surface area contributed by atoms with Gasteiger partial charge in [0.1, 0.15) is 6.54 Å². The zero-order chi connectivity index (χ0) is 17.2. The van der Waals surface area contributed by atoms with Crippen LogP contribution >= 0.6 is 11.3 Å². The Balaban J connectivity index is 2.74. The number of hydrogen-bond acceptors (Lipinski definition) is 4. The molecule has 1 aromatic heterocycles. The van der Waals surface area contributed by atoms with E-state index in [0.717, 1.165) is 32.1 Å². The van der Waals surface area contributed by atoms with Crippen LogP contribution in [0, 0.1) is 5.92 Å². The number of amides is 2. The number of unbranched alkanes of at least 4 members (excludes halogenated alkanes) is 1. The van der Waals surface area contributed by atoms with Crippen molar-refractivity contribution in [2.24, 2.45) is 5.92 Å². The minimum absolute atomic E-state index is 0.0108. The van der Waals surface area contributed by atoms with Crippen LogP contribution < -0.4 is 5.32 Å². The van der Waals surface area contributed by atoms with E-state index in [1.54, 1.807) is 11.1 Å². The van der Waals surface area contributed by atoms with E-state index in [9.17, 15) is 9.59 Å². The molecule has 0 fully saturated rings. The molecule has 0 saturated carbocycles. The third-order valence-electron chi connectivity index (χ3n) is 4.15. The number of hydrogen-bond donors (Lipinski definition) is 1. The van der Waals surface area contributed by atoms with Crippen LogP contribution in [-0.4, -0.2) is 34.3 Å². The molecule has 1 heterocycles. The zero-order valence-corrected chi connectivity index (χ0v) is 15.5. The van der Waals surface area contributed by atoms with Crippen molar-refractivity contribution in [2.75, 3.05) is 11.9 Å². The molecule has 2 atom stereocenters. The van der Waals surface area contributed by atoms with Gasteiger partial charge in [0.15, 0.2) is 5.13 Å². The molecule has 0 aliphatic rings. The molecule has 130 valence electrons. The number of aromatic nitrogens is 1. The molecule has 1 N–H and O–H groups in total. The average Bonchev–Trinajstić information content (AvgIpc) is 3.05. The Morgan fingerprint density at radius 3 is 2.57 bits per heavy atom. The second-order valence-corrected chi connectivity index (χ2v) is 6.75. The van der Waals surface area contributed by atoms with Crippen LogP contribution in [-0.2, 0) is 9.59 Å². The summed E-state index contributed by atoms with van der Waals surface area (Å²) in [5.41, 5.74) is 0. The SMILES string of the molecule is CCCCC(CC)C(=O)N(CC(=O)Nc1nccs1)C(C)CC. The third kappa shape index (κ3) is 6.29. The van der Waals surface area contributed by atoms with Crippen LogP contribution in [0.4, 0.5) is 5.13 Å². The summed E-state index contributed by atoms with van der Waals surface area (Å²) in [5.74, 6) is -0.0693. The summed E-state index contributed by atoms with van der Waals surface area (Å²) in [7, 11) is 0. The predicted molar refractivity (Wildman–Crippen MR) is 95.5 cm³/mol. The zero-order valence-electron chi connectivity index (χ0n) is 14.7. The maximum absolute atomic E-state index is 12.9. The Bertz CT molecular complexity index is 476. The fourth-order valence-electron chi connectivity index (χ4n) is 2.46. The van der Waals surface area contributed by atoms with E-state index < -0.39 is 0 Å². The molecule has 0 aliphatic carbocycles. The molecule has 1 rings (SSSR count). The third-order valence-corrected chi connectivity index (χ3v) is 4.84. The van der Waals surface area contributed by atoms with Gasteiger partial charge in [-0.15, -0.1) is 11.3 Å². The first kappa shape index (κ1) is 19.6. The highest BCUT2D eigenvalue weighted by atomic mass is 32.1. The monoisotopic (exact) mass is 339 g/mol. The number of rotatable bonds is 10. The second-order valence-electron chi connectivity index (χ2n) is 5.86. The lowest BCUT2D eigenvalue weighted by Gasteiger charge is -2.31. The van der Waals surface area contributed by atoms with Crippen molar-refractivity contribution in [1.29, 1.82) is 0 Å². The van der Waals surface area contributed by atoms with Crippen molar-refractivity contribution < 1.29 is 9.59 Å². The first-order valence-corrected chi connectivity index (χ1v) is 9.41. The number of thiazole rings is 1. The van der Waals surface area contributed by atoms with Gasteiger partial charge in [-0.3, -0.25) is 9.59 Å². The van der Waals surface area contributed by atoms with Crippen molar-refractivity contribution in [1.82, 2.24) is 9.88 Å². The van der Waals surface area contributed by atoms with Crippen molar-refractivity contribution in [3.05, 3.63) is 11.6 Å². The Morgan fingerprint density at radius 1 is 1.30 bits per heavy atom. The first-order chi connectivity index (χ1) is 11.0. The minimum atomic E-state index is -0.182. The van der Waals surface area contributed by atoms with Gasteiger partial charge >= 0.3 is 0 Å². The molecule has 0 spiro atoms. The highest BCUT2D eigenvalue weighted by molar-refractivity contribution is 7.13. The average molecular weight is 340 g/mol. The maximum atomic E-state index is 12.9. The molecule has 1 aromatic rings. The van der Waals surface area contributed by atoms with Crippen molar-refractivity contribution in [3.8, 4) is 0 Å². The largest absolute Gasteiger partial charge is 0.330 e. The van der Waals surface area contributed by atoms with Crippen molar-refractivity contribution in [2.45, 2.75) is 65.8 Å². The lowest BCUT2D eigenvalue weighted by Crippen LogP contribution is -2.46. The number of carbonyl (C=O) groups is 2. The molecule has 0 saturated heterocycles. The van der Waals surface area contributed by atoms with Crippen LogP contribution in [0.15, 0.2) is 11.6 Å². The molecule has 0 aromatic carbocycles. The first-order valence-electron chi connectivity index (χ1n) is 8.53. The molecular formula is C17H29N3O2S. The lowest BCUT2D eigenvalue weighted by molar-refractivity contribution is -0.141. The summed E-state index contributed by atoms with van der Waals surface area (Å²) >= 11 is 1.38. The van der Waals surface area contributed by atoms with Crippen LogP contribution in [0.25, 0.3) is 0 Å². The molecule has 6 heteroatoms. The fraction of sp³-hybridized carbons (Fsp3) is 0.706. The summed E-state index contributed by atoms with van der Waals surface area (Å²) in [6.45, 7) is 8.31.